The maximum atomic E-state index is 12.5. The van der Waals surface area contributed by atoms with Gasteiger partial charge in [-0.05, 0) is 36.5 Å². The van der Waals surface area contributed by atoms with Gasteiger partial charge >= 0.3 is 0 Å². The van der Waals surface area contributed by atoms with E-state index in [1.54, 1.807) is 7.11 Å². The molecule has 0 bridgehead atoms. The summed E-state index contributed by atoms with van der Waals surface area (Å²) in [5, 5.41) is 3.25. The van der Waals surface area contributed by atoms with Gasteiger partial charge in [0, 0.05) is 26.1 Å². The second kappa shape index (κ2) is 9.02. The van der Waals surface area contributed by atoms with Crippen LogP contribution in [0.1, 0.15) is 30.9 Å². The molecule has 1 aromatic rings. The first-order valence-electron chi connectivity index (χ1n) is 9.14. The van der Waals surface area contributed by atoms with Gasteiger partial charge in [0.05, 0.1) is 26.4 Å². The maximum absolute atomic E-state index is 12.5. The molecule has 1 fully saturated rings. The van der Waals surface area contributed by atoms with Gasteiger partial charge < -0.3 is 14.8 Å². The molecule has 1 aliphatic heterocycles. The minimum Gasteiger partial charge on any atom is -0.497 e. The summed E-state index contributed by atoms with van der Waals surface area (Å²) >= 11 is 0. The van der Waals surface area contributed by atoms with Gasteiger partial charge in [-0.25, -0.2) is 0 Å². The Hall–Kier alpha value is -1.85. The van der Waals surface area contributed by atoms with Gasteiger partial charge in [0.2, 0.25) is 5.91 Å². The van der Waals surface area contributed by atoms with Gasteiger partial charge in [-0.15, -0.1) is 0 Å². The summed E-state index contributed by atoms with van der Waals surface area (Å²) in [7, 11) is 1.66. The second-order valence-electron chi connectivity index (χ2n) is 6.78. The molecule has 1 amide bonds. The van der Waals surface area contributed by atoms with Crippen molar-refractivity contribution in [2.75, 3.05) is 40.0 Å². The Morgan fingerprint density at radius 2 is 2.08 bits per heavy atom. The van der Waals surface area contributed by atoms with Crippen LogP contribution in [0.4, 0.5) is 0 Å². The number of amides is 1. The summed E-state index contributed by atoms with van der Waals surface area (Å²) in [4.78, 5) is 14.9. The van der Waals surface area contributed by atoms with E-state index in [4.69, 9.17) is 9.47 Å². The zero-order valence-corrected chi connectivity index (χ0v) is 14.9. The van der Waals surface area contributed by atoms with Gasteiger partial charge in [-0.1, -0.05) is 24.3 Å². The summed E-state index contributed by atoms with van der Waals surface area (Å²) in [5.74, 6) is 1.35. The molecule has 5 nitrogen and oxygen atoms in total. The van der Waals surface area contributed by atoms with Crippen molar-refractivity contribution in [2.45, 2.75) is 25.3 Å². The number of hydrogen-bond acceptors (Lipinski definition) is 4. The highest BCUT2D eigenvalue weighted by Crippen LogP contribution is 2.23. The van der Waals surface area contributed by atoms with Crippen molar-refractivity contribution >= 4 is 5.91 Å². The summed E-state index contributed by atoms with van der Waals surface area (Å²) < 4.78 is 10.7. The fraction of sp³-hybridized carbons (Fsp3) is 0.550. The molecule has 0 aromatic heterocycles. The van der Waals surface area contributed by atoms with E-state index >= 15 is 0 Å². The van der Waals surface area contributed by atoms with Crippen LogP contribution in [0.5, 0.6) is 5.75 Å². The van der Waals surface area contributed by atoms with E-state index in [1.165, 1.54) is 0 Å². The van der Waals surface area contributed by atoms with Gasteiger partial charge in [-0.3, -0.25) is 9.69 Å². The van der Waals surface area contributed by atoms with Gasteiger partial charge in [0.25, 0.3) is 0 Å². The van der Waals surface area contributed by atoms with Crippen molar-refractivity contribution in [3.63, 3.8) is 0 Å². The number of nitrogens with one attached hydrogen (secondary N) is 1. The molecule has 0 saturated carbocycles. The number of benzene rings is 1. The van der Waals surface area contributed by atoms with E-state index in [1.807, 2.05) is 24.3 Å². The van der Waals surface area contributed by atoms with Gasteiger partial charge in [0.1, 0.15) is 5.75 Å². The van der Waals surface area contributed by atoms with Crippen molar-refractivity contribution in [3.05, 3.63) is 42.0 Å². The molecule has 5 heteroatoms. The fourth-order valence-electron chi connectivity index (χ4n) is 3.47. The number of allylic oxidation sites excluding steroid dienone is 2. The molecule has 1 aromatic carbocycles. The summed E-state index contributed by atoms with van der Waals surface area (Å²) in [6.45, 7) is 4.15. The van der Waals surface area contributed by atoms with Crippen LogP contribution in [0, 0.1) is 5.92 Å². The molecule has 0 spiro atoms. The molecule has 1 heterocycles. The van der Waals surface area contributed by atoms with Gasteiger partial charge in [-0.2, -0.15) is 0 Å². The molecule has 2 atom stereocenters. The first-order valence-corrected chi connectivity index (χ1v) is 9.14. The smallest absolute Gasteiger partial charge is 0.221 e. The van der Waals surface area contributed by atoms with Crippen molar-refractivity contribution in [2.24, 2.45) is 5.92 Å². The second-order valence-corrected chi connectivity index (χ2v) is 6.78. The Morgan fingerprint density at radius 3 is 2.72 bits per heavy atom. The molecule has 25 heavy (non-hydrogen) atoms. The highest BCUT2D eigenvalue weighted by atomic mass is 16.5. The van der Waals surface area contributed by atoms with Crippen LogP contribution in [0.25, 0.3) is 0 Å². The van der Waals surface area contributed by atoms with Crippen molar-refractivity contribution in [1.82, 2.24) is 10.2 Å². The normalized spacial score (nSPS) is 21.9. The Balaban J connectivity index is 1.65. The first kappa shape index (κ1) is 18.0. The lowest BCUT2D eigenvalue weighted by atomic mass is 10.0. The topological polar surface area (TPSA) is 50.8 Å². The third kappa shape index (κ3) is 5.31. The molecule has 136 valence electrons. The molecular weight excluding hydrogens is 316 g/mol. The standard InChI is InChI=1S/C20H28N2O3/c1-24-18-8-6-17(7-9-18)19(15-22-10-12-25-13-11-22)21-20(23)14-16-4-2-3-5-16/h2,4,6-9,16,19H,3,5,10-15H2,1H3,(H,21,23). The van der Waals surface area contributed by atoms with Crippen molar-refractivity contribution < 1.29 is 14.3 Å². The highest BCUT2D eigenvalue weighted by molar-refractivity contribution is 5.77. The van der Waals surface area contributed by atoms with Crippen LogP contribution in [-0.4, -0.2) is 50.8 Å². The lowest BCUT2D eigenvalue weighted by Gasteiger charge is -2.31. The maximum Gasteiger partial charge on any atom is 0.221 e. The van der Waals surface area contributed by atoms with E-state index in [-0.39, 0.29) is 11.9 Å². The minimum absolute atomic E-state index is 0.0121. The lowest BCUT2D eigenvalue weighted by Crippen LogP contribution is -2.43. The largest absolute Gasteiger partial charge is 0.497 e. The molecule has 3 rings (SSSR count). The fourth-order valence-corrected chi connectivity index (χ4v) is 3.47. The Labute approximate surface area is 150 Å². The SMILES string of the molecule is COc1ccc(C(CN2CCOCC2)NC(=O)CC2C=CCC2)cc1. The monoisotopic (exact) mass is 344 g/mol. The first-order chi connectivity index (χ1) is 12.2. The number of carbonyl (C=O) groups excluding carboxylic acids is 1. The van der Waals surface area contributed by atoms with E-state index in [0.29, 0.717) is 12.3 Å². The quantitative estimate of drug-likeness (QED) is 0.773. The molecule has 0 radical (unpaired) electrons. The van der Waals surface area contributed by atoms with Crippen LogP contribution >= 0.6 is 0 Å². The molecule has 1 saturated heterocycles. The van der Waals surface area contributed by atoms with Crippen LogP contribution in [0.2, 0.25) is 0 Å². The average molecular weight is 344 g/mol. The third-order valence-corrected chi connectivity index (χ3v) is 4.96. The number of carbonyl (C=O) groups is 1. The van der Waals surface area contributed by atoms with Crippen LogP contribution in [-0.2, 0) is 9.53 Å². The van der Waals surface area contributed by atoms with Crippen LogP contribution < -0.4 is 10.1 Å². The Bertz CT molecular complexity index is 579. The minimum atomic E-state index is -0.0121. The average Bonchev–Trinajstić information content (AvgIpc) is 3.15. The number of hydrogen-bond donors (Lipinski definition) is 1. The Kier molecular flexibility index (Phi) is 6.48. The zero-order chi connectivity index (χ0) is 17.5. The van der Waals surface area contributed by atoms with Crippen molar-refractivity contribution in [3.8, 4) is 5.75 Å². The lowest BCUT2D eigenvalue weighted by molar-refractivity contribution is -0.122. The number of methoxy groups -OCH3 is 1. The molecule has 2 unspecified atom stereocenters. The van der Waals surface area contributed by atoms with Crippen LogP contribution in [0.3, 0.4) is 0 Å². The number of ether oxygens (including phenoxy) is 2. The van der Waals surface area contributed by atoms with Crippen molar-refractivity contribution in [1.29, 1.82) is 0 Å². The molecule has 2 aliphatic rings. The third-order valence-electron chi connectivity index (χ3n) is 4.96. The number of rotatable bonds is 7. The highest BCUT2D eigenvalue weighted by Gasteiger charge is 2.22. The van der Waals surface area contributed by atoms with E-state index in [0.717, 1.165) is 57.0 Å². The summed E-state index contributed by atoms with van der Waals surface area (Å²) in [6.07, 6.45) is 7.10. The zero-order valence-electron chi connectivity index (χ0n) is 14.9. The van der Waals surface area contributed by atoms with Gasteiger partial charge in [0.15, 0.2) is 0 Å². The van der Waals surface area contributed by atoms with Crippen LogP contribution in [0.15, 0.2) is 36.4 Å². The predicted octanol–water partition coefficient (Wildman–Crippen LogP) is 2.54. The van der Waals surface area contributed by atoms with E-state index in [2.05, 4.69) is 22.4 Å². The summed E-state index contributed by atoms with van der Waals surface area (Å²) in [6, 6.07) is 7.97. The Morgan fingerprint density at radius 1 is 1.32 bits per heavy atom. The van der Waals surface area contributed by atoms with E-state index < -0.39 is 0 Å². The number of nitrogens with zero attached hydrogens (tertiary/aromatic N) is 1. The summed E-state index contributed by atoms with van der Waals surface area (Å²) in [5.41, 5.74) is 1.11. The van der Waals surface area contributed by atoms with E-state index in [9.17, 15) is 4.79 Å². The molecule has 1 N–H and O–H groups in total. The predicted molar refractivity (Wildman–Crippen MR) is 97.6 cm³/mol. The molecular formula is C20H28N2O3. The molecule has 1 aliphatic carbocycles. The number of morpholine rings is 1.